The fourth-order valence-electron chi connectivity index (χ4n) is 1.65. The molecule has 0 fully saturated rings. The van der Waals surface area contributed by atoms with Crippen LogP contribution < -0.4 is 0 Å². The van der Waals surface area contributed by atoms with E-state index < -0.39 is 5.97 Å². The molecule has 1 heterocycles. The average molecular weight is 298 g/mol. The Bertz CT molecular complexity index is 442. The number of carboxylic acid groups (broad SMARTS) is 1. The van der Waals surface area contributed by atoms with Gasteiger partial charge in [0.25, 0.3) is 0 Å². The van der Waals surface area contributed by atoms with E-state index in [0.717, 1.165) is 10.0 Å². The van der Waals surface area contributed by atoms with Crippen LogP contribution in [0.3, 0.4) is 0 Å². The number of halogens is 1. The number of nitrogens with zero attached hydrogens (tertiary/aromatic N) is 1. The van der Waals surface area contributed by atoms with Gasteiger partial charge in [-0.3, -0.25) is 9.79 Å². The minimum atomic E-state index is -0.852. The van der Waals surface area contributed by atoms with E-state index in [2.05, 4.69) is 20.9 Å². The summed E-state index contributed by atoms with van der Waals surface area (Å²) in [6, 6.07) is 7.89. The number of carboxylic acids is 1. The summed E-state index contributed by atoms with van der Waals surface area (Å²) in [7, 11) is 0. The smallest absolute Gasteiger partial charge is 0.307 e. The molecule has 0 aromatic heterocycles. The van der Waals surface area contributed by atoms with Crippen molar-refractivity contribution in [3.63, 3.8) is 0 Å². The summed E-state index contributed by atoms with van der Waals surface area (Å²) >= 11 is 3.37. The second-order valence-electron chi connectivity index (χ2n) is 3.88. The van der Waals surface area contributed by atoms with E-state index in [4.69, 9.17) is 9.84 Å². The van der Waals surface area contributed by atoms with Gasteiger partial charge >= 0.3 is 5.97 Å². The first-order chi connectivity index (χ1) is 8.13. The van der Waals surface area contributed by atoms with Gasteiger partial charge in [0.2, 0.25) is 0 Å². The molecule has 5 heteroatoms. The van der Waals surface area contributed by atoms with Crippen molar-refractivity contribution in [2.24, 2.45) is 4.99 Å². The lowest BCUT2D eigenvalue weighted by atomic mass is 10.1. The lowest BCUT2D eigenvalue weighted by molar-refractivity contribution is -0.138. The van der Waals surface area contributed by atoms with Gasteiger partial charge in [0.15, 0.2) is 5.90 Å². The molecule has 0 bridgehead atoms. The maximum atomic E-state index is 10.5. The third-order valence-electron chi connectivity index (χ3n) is 2.44. The Morgan fingerprint density at radius 3 is 2.82 bits per heavy atom. The molecular formula is C12H12BrNO3. The van der Waals surface area contributed by atoms with Gasteiger partial charge in [-0.1, -0.05) is 28.1 Å². The predicted octanol–water partition coefficient (Wildman–Crippen LogP) is 2.26. The quantitative estimate of drug-likeness (QED) is 0.927. The summed E-state index contributed by atoms with van der Waals surface area (Å²) in [6.45, 7) is 0.443. The number of carbonyl (C=O) groups is 1. The number of hydrogen-bond donors (Lipinski definition) is 1. The van der Waals surface area contributed by atoms with Crippen LogP contribution in [-0.4, -0.2) is 29.6 Å². The Morgan fingerprint density at radius 1 is 1.47 bits per heavy atom. The van der Waals surface area contributed by atoms with Gasteiger partial charge in [0.1, 0.15) is 6.10 Å². The SMILES string of the molecule is O=C(O)CC1CN=C(Cc2ccc(Br)cc2)O1. The minimum absolute atomic E-state index is 0.00728. The first kappa shape index (κ1) is 12.1. The summed E-state index contributed by atoms with van der Waals surface area (Å²) in [6.07, 6.45) is 0.314. The van der Waals surface area contributed by atoms with Crippen LogP contribution in [0.5, 0.6) is 0 Å². The maximum Gasteiger partial charge on any atom is 0.307 e. The van der Waals surface area contributed by atoms with Gasteiger partial charge in [0, 0.05) is 10.9 Å². The summed E-state index contributed by atoms with van der Waals surface area (Å²) in [5, 5.41) is 8.64. The molecule has 1 N–H and O–H groups in total. The monoisotopic (exact) mass is 297 g/mol. The van der Waals surface area contributed by atoms with E-state index in [1.165, 1.54) is 0 Å². The van der Waals surface area contributed by atoms with E-state index in [1.54, 1.807) is 0 Å². The van der Waals surface area contributed by atoms with Crippen molar-refractivity contribution in [3.8, 4) is 0 Å². The van der Waals surface area contributed by atoms with E-state index >= 15 is 0 Å². The molecule has 0 saturated carbocycles. The zero-order chi connectivity index (χ0) is 12.3. The molecule has 90 valence electrons. The Kier molecular flexibility index (Phi) is 3.78. The van der Waals surface area contributed by atoms with Crippen LogP contribution in [0.1, 0.15) is 12.0 Å². The predicted molar refractivity (Wildman–Crippen MR) is 67.3 cm³/mol. The molecule has 4 nitrogen and oxygen atoms in total. The van der Waals surface area contributed by atoms with Crippen LogP contribution in [-0.2, 0) is 16.0 Å². The molecule has 0 saturated heterocycles. The summed E-state index contributed by atoms with van der Waals surface area (Å²) in [5.74, 6) is -0.228. The van der Waals surface area contributed by atoms with Gasteiger partial charge < -0.3 is 9.84 Å². The molecule has 0 spiro atoms. The number of ether oxygens (including phenoxy) is 1. The lowest BCUT2D eigenvalue weighted by Crippen LogP contribution is -2.18. The fraction of sp³-hybridized carbons (Fsp3) is 0.333. The van der Waals surface area contributed by atoms with Gasteiger partial charge in [-0.05, 0) is 17.7 Å². The second-order valence-corrected chi connectivity index (χ2v) is 4.79. The molecule has 2 rings (SSSR count). The molecule has 1 atom stereocenters. The topological polar surface area (TPSA) is 58.9 Å². The molecular weight excluding hydrogens is 286 g/mol. The molecule has 1 aliphatic rings. The molecule has 0 aliphatic carbocycles. The minimum Gasteiger partial charge on any atom is -0.481 e. The van der Waals surface area contributed by atoms with Gasteiger partial charge in [-0.2, -0.15) is 0 Å². The van der Waals surface area contributed by atoms with E-state index in [-0.39, 0.29) is 12.5 Å². The zero-order valence-electron chi connectivity index (χ0n) is 9.10. The van der Waals surface area contributed by atoms with Crippen molar-refractivity contribution in [2.75, 3.05) is 6.54 Å². The van der Waals surface area contributed by atoms with E-state index in [0.29, 0.717) is 18.9 Å². The van der Waals surface area contributed by atoms with Crippen LogP contribution in [0.25, 0.3) is 0 Å². The van der Waals surface area contributed by atoms with Gasteiger partial charge in [-0.15, -0.1) is 0 Å². The van der Waals surface area contributed by atoms with Crippen LogP contribution in [0.4, 0.5) is 0 Å². The third-order valence-corrected chi connectivity index (χ3v) is 2.97. The molecule has 1 aromatic carbocycles. The van der Waals surface area contributed by atoms with Gasteiger partial charge in [-0.25, -0.2) is 0 Å². The molecule has 17 heavy (non-hydrogen) atoms. The second kappa shape index (κ2) is 5.31. The average Bonchev–Trinajstić information content (AvgIpc) is 2.68. The standard InChI is InChI=1S/C12H12BrNO3/c13-9-3-1-8(2-4-9)5-11-14-7-10(17-11)6-12(15)16/h1-4,10H,5-7H2,(H,15,16). The highest BCUT2D eigenvalue weighted by Crippen LogP contribution is 2.15. The largest absolute Gasteiger partial charge is 0.481 e. The van der Waals surface area contributed by atoms with Crippen LogP contribution in [0.15, 0.2) is 33.7 Å². The normalized spacial score (nSPS) is 18.6. The van der Waals surface area contributed by atoms with Crippen molar-refractivity contribution in [3.05, 3.63) is 34.3 Å². The van der Waals surface area contributed by atoms with E-state index in [9.17, 15) is 4.79 Å². The Balaban J connectivity index is 1.89. The number of aliphatic carboxylic acids is 1. The zero-order valence-corrected chi connectivity index (χ0v) is 10.7. The van der Waals surface area contributed by atoms with Crippen molar-refractivity contribution >= 4 is 27.8 Å². The highest BCUT2D eigenvalue weighted by atomic mass is 79.9. The van der Waals surface area contributed by atoms with Crippen LogP contribution in [0.2, 0.25) is 0 Å². The highest BCUT2D eigenvalue weighted by molar-refractivity contribution is 9.10. The summed E-state index contributed by atoms with van der Waals surface area (Å²) in [4.78, 5) is 14.7. The van der Waals surface area contributed by atoms with Crippen molar-refractivity contribution in [2.45, 2.75) is 18.9 Å². The van der Waals surface area contributed by atoms with Crippen LogP contribution in [0, 0.1) is 0 Å². The molecule has 1 aliphatic heterocycles. The van der Waals surface area contributed by atoms with Crippen molar-refractivity contribution in [1.29, 1.82) is 0 Å². The fourth-order valence-corrected chi connectivity index (χ4v) is 1.91. The lowest BCUT2D eigenvalue weighted by Gasteiger charge is -2.08. The maximum absolute atomic E-state index is 10.5. The van der Waals surface area contributed by atoms with Crippen LogP contribution >= 0.6 is 15.9 Å². The number of aliphatic imine (C=N–C) groups is 1. The Morgan fingerprint density at radius 2 is 2.18 bits per heavy atom. The molecule has 0 radical (unpaired) electrons. The Labute approximate surface area is 107 Å². The molecule has 1 aromatic rings. The first-order valence-corrected chi connectivity index (χ1v) is 6.09. The van der Waals surface area contributed by atoms with Gasteiger partial charge in [0.05, 0.1) is 13.0 Å². The van der Waals surface area contributed by atoms with Crippen molar-refractivity contribution < 1.29 is 14.6 Å². The van der Waals surface area contributed by atoms with E-state index in [1.807, 2.05) is 24.3 Å². The summed E-state index contributed by atoms with van der Waals surface area (Å²) in [5.41, 5.74) is 1.10. The third kappa shape index (κ3) is 3.56. The number of hydrogen-bond acceptors (Lipinski definition) is 3. The summed E-state index contributed by atoms with van der Waals surface area (Å²) < 4.78 is 6.49. The van der Waals surface area contributed by atoms with Crippen molar-refractivity contribution in [1.82, 2.24) is 0 Å². The number of benzene rings is 1. The number of rotatable bonds is 4. The molecule has 0 amide bonds. The Hall–Kier alpha value is -1.36. The highest BCUT2D eigenvalue weighted by Gasteiger charge is 2.22. The molecule has 1 unspecified atom stereocenters. The first-order valence-electron chi connectivity index (χ1n) is 5.29.